The van der Waals surface area contributed by atoms with Crippen LogP contribution in [0.4, 0.5) is 0 Å². The summed E-state index contributed by atoms with van der Waals surface area (Å²) in [6.07, 6.45) is 1.13. The van der Waals surface area contributed by atoms with E-state index < -0.39 is 0 Å². The molecule has 0 radical (unpaired) electrons. The van der Waals surface area contributed by atoms with Crippen molar-refractivity contribution in [2.75, 3.05) is 40.4 Å². The van der Waals surface area contributed by atoms with Gasteiger partial charge in [-0.3, -0.25) is 9.59 Å². The maximum Gasteiger partial charge on any atom is 0.267 e. The number of fused-ring (bicyclic) bond motifs is 5. The summed E-state index contributed by atoms with van der Waals surface area (Å²) in [5, 5.41) is 3.93. The van der Waals surface area contributed by atoms with E-state index in [1.165, 1.54) is 0 Å². The Balaban J connectivity index is 1.26. The van der Waals surface area contributed by atoms with Crippen LogP contribution < -0.4 is 20.3 Å². The molecule has 8 heteroatoms. The topological polar surface area (TPSA) is 77.7 Å². The molecule has 2 atom stereocenters. The second kappa shape index (κ2) is 8.59. The van der Waals surface area contributed by atoms with Crippen LogP contribution in [-0.4, -0.2) is 60.3 Å². The molecule has 174 valence electrons. The van der Waals surface area contributed by atoms with E-state index in [1.54, 1.807) is 20.3 Å². The van der Waals surface area contributed by atoms with Crippen LogP contribution in [0.15, 0.2) is 41.2 Å². The average Bonchev–Trinajstić information content (AvgIpc) is 3.17. The van der Waals surface area contributed by atoms with Crippen molar-refractivity contribution < 1.29 is 14.3 Å². The first-order valence-corrected chi connectivity index (χ1v) is 11.4. The summed E-state index contributed by atoms with van der Waals surface area (Å²) in [7, 11) is 5.11. The minimum atomic E-state index is -0.119. The second-order valence-electron chi connectivity index (χ2n) is 9.03. The molecule has 1 aromatic carbocycles. The zero-order valence-electron chi connectivity index (χ0n) is 19.3. The monoisotopic (exact) mass is 450 g/mol. The van der Waals surface area contributed by atoms with E-state index in [4.69, 9.17) is 9.47 Å². The Morgan fingerprint density at radius 1 is 1.09 bits per heavy atom. The van der Waals surface area contributed by atoms with Crippen LogP contribution in [0.5, 0.6) is 11.5 Å². The third-order valence-electron chi connectivity index (χ3n) is 7.06. The number of carbonyl (C=O) groups excluding carboxylic acids is 1. The molecule has 4 heterocycles. The highest BCUT2D eigenvalue weighted by Gasteiger charge is 2.34. The average molecular weight is 451 g/mol. The van der Waals surface area contributed by atoms with Gasteiger partial charge in [-0.25, -0.2) is 0 Å². The lowest BCUT2D eigenvalue weighted by Crippen LogP contribution is -2.48. The normalized spacial score (nSPS) is 19.8. The largest absolute Gasteiger partial charge is 0.496 e. The Kier molecular flexibility index (Phi) is 5.62. The number of carbonyl (C=O) groups is 1. The number of amides is 1. The van der Waals surface area contributed by atoms with Gasteiger partial charge in [0.1, 0.15) is 17.2 Å². The maximum absolute atomic E-state index is 13.0. The first kappa shape index (κ1) is 21.6. The van der Waals surface area contributed by atoms with Gasteiger partial charge in [-0.2, -0.15) is 0 Å². The fraction of sp³-hybridized carbons (Fsp3) is 0.440. The number of benzene rings is 1. The molecule has 3 aromatic rings. The Labute approximate surface area is 192 Å². The molecule has 2 aliphatic heterocycles. The van der Waals surface area contributed by atoms with E-state index in [9.17, 15) is 9.59 Å². The third kappa shape index (κ3) is 3.78. The number of nitrogens with one attached hydrogen (secondary N) is 1. The lowest BCUT2D eigenvalue weighted by molar-refractivity contribution is 0.0920. The predicted octanol–water partition coefficient (Wildman–Crippen LogP) is 2.21. The summed E-state index contributed by atoms with van der Waals surface area (Å²) >= 11 is 0. The highest BCUT2D eigenvalue weighted by Crippen LogP contribution is 2.36. The first-order valence-electron chi connectivity index (χ1n) is 11.4. The molecule has 0 aliphatic carbocycles. The van der Waals surface area contributed by atoms with Gasteiger partial charge in [0.05, 0.1) is 19.7 Å². The molecule has 2 unspecified atom stereocenters. The number of likely N-dealkylation sites (tertiary alicyclic amines) is 1. The van der Waals surface area contributed by atoms with Crippen LogP contribution in [0.25, 0.3) is 10.9 Å². The number of aromatic nitrogens is 2. The molecule has 1 saturated heterocycles. The fourth-order valence-electron chi connectivity index (χ4n) is 5.57. The number of nitrogens with zero attached hydrogens (tertiary/aromatic N) is 3. The number of ether oxygens (including phenoxy) is 2. The molecule has 1 N–H and O–H groups in total. The number of rotatable bonds is 6. The number of aryl methyl sites for hydroxylation is 1. The van der Waals surface area contributed by atoms with Crippen molar-refractivity contribution in [1.82, 2.24) is 19.4 Å². The molecule has 2 aromatic heterocycles. The lowest BCUT2D eigenvalue weighted by Gasteiger charge is -2.42. The van der Waals surface area contributed by atoms with Gasteiger partial charge in [0, 0.05) is 62.8 Å². The molecule has 1 amide bonds. The van der Waals surface area contributed by atoms with Gasteiger partial charge in [-0.1, -0.05) is 6.07 Å². The van der Waals surface area contributed by atoms with Crippen LogP contribution in [0.3, 0.4) is 0 Å². The number of hydrogen-bond acceptors (Lipinski definition) is 5. The Hall–Kier alpha value is -3.26. The van der Waals surface area contributed by atoms with Crippen LogP contribution >= 0.6 is 0 Å². The first-order chi connectivity index (χ1) is 16.0. The minimum Gasteiger partial charge on any atom is -0.496 e. The molecule has 8 nitrogen and oxygen atoms in total. The zero-order chi connectivity index (χ0) is 23.1. The van der Waals surface area contributed by atoms with Crippen molar-refractivity contribution in [2.45, 2.75) is 18.9 Å². The molecular formula is C25H30N4O4. The van der Waals surface area contributed by atoms with Crippen molar-refractivity contribution in [3.63, 3.8) is 0 Å². The maximum atomic E-state index is 13.0. The highest BCUT2D eigenvalue weighted by molar-refractivity contribution is 6.02. The van der Waals surface area contributed by atoms with Crippen molar-refractivity contribution in [3.8, 4) is 11.5 Å². The molecular weight excluding hydrogens is 420 g/mol. The fourth-order valence-corrected chi connectivity index (χ4v) is 5.57. The number of piperidine rings is 1. The van der Waals surface area contributed by atoms with Gasteiger partial charge in [0.15, 0.2) is 0 Å². The summed E-state index contributed by atoms with van der Waals surface area (Å²) in [4.78, 5) is 27.6. The van der Waals surface area contributed by atoms with Crippen LogP contribution in [-0.2, 0) is 13.6 Å². The molecule has 0 saturated carbocycles. The summed E-state index contributed by atoms with van der Waals surface area (Å²) in [6, 6.07) is 11.1. The SMILES string of the molecule is COc1ccc(OC)c2c1cc(C(=O)NCCN1CC3CC(C1)c1cccc(=O)n1C3)n2C. The smallest absolute Gasteiger partial charge is 0.267 e. The van der Waals surface area contributed by atoms with E-state index in [2.05, 4.69) is 16.3 Å². The number of pyridine rings is 1. The van der Waals surface area contributed by atoms with Crippen LogP contribution in [0.1, 0.15) is 28.5 Å². The molecule has 33 heavy (non-hydrogen) atoms. The summed E-state index contributed by atoms with van der Waals surface area (Å²) < 4.78 is 14.8. The highest BCUT2D eigenvalue weighted by atomic mass is 16.5. The van der Waals surface area contributed by atoms with Crippen LogP contribution in [0, 0.1) is 5.92 Å². The van der Waals surface area contributed by atoms with Crippen molar-refractivity contribution in [1.29, 1.82) is 0 Å². The standard InChI is InChI=1S/C25H30N4O4/c1-27-20(12-18-21(32-2)7-8-22(33-3)24(18)27)25(31)26-9-10-28-13-16-11-17(15-28)19-5-4-6-23(30)29(19)14-16/h4-8,12,16-17H,9-11,13-15H2,1-3H3,(H,26,31). The molecule has 0 spiro atoms. The van der Waals surface area contributed by atoms with Gasteiger partial charge in [-0.05, 0) is 36.6 Å². The minimum absolute atomic E-state index is 0.103. The Morgan fingerprint density at radius 2 is 1.88 bits per heavy atom. The van der Waals surface area contributed by atoms with Crippen molar-refractivity contribution in [3.05, 3.63) is 58.1 Å². The van der Waals surface area contributed by atoms with Gasteiger partial charge in [-0.15, -0.1) is 0 Å². The molecule has 2 bridgehead atoms. The van der Waals surface area contributed by atoms with E-state index in [1.807, 2.05) is 40.4 Å². The second-order valence-corrected chi connectivity index (χ2v) is 9.03. The quantitative estimate of drug-likeness (QED) is 0.623. The van der Waals surface area contributed by atoms with E-state index in [0.29, 0.717) is 35.6 Å². The van der Waals surface area contributed by atoms with Gasteiger partial charge in [0.25, 0.3) is 11.5 Å². The van der Waals surface area contributed by atoms with Crippen molar-refractivity contribution in [2.24, 2.45) is 13.0 Å². The van der Waals surface area contributed by atoms with E-state index in [-0.39, 0.29) is 11.5 Å². The van der Waals surface area contributed by atoms with Crippen LogP contribution in [0.2, 0.25) is 0 Å². The Morgan fingerprint density at radius 3 is 2.67 bits per heavy atom. The molecule has 1 fully saturated rings. The van der Waals surface area contributed by atoms with Gasteiger partial charge in [0.2, 0.25) is 0 Å². The number of hydrogen-bond donors (Lipinski definition) is 1. The van der Waals surface area contributed by atoms with Gasteiger partial charge >= 0.3 is 0 Å². The van der Waals surface area contributed by atoms with Crippen molar-refractivity contribution >= 4 is 16.8 Å². The van der Waals surface area contributed by atoms with E-state index >= 15 is 0 Å². The third-order valence-corrected chi connectivity index (χ3v) is 7.06. The van der Waals surface area contributed by atoms with E-state index in [0.717, 1.165) is 49.2 Å². The Bertz CT molecular complexity index is 1260. The summed E-state index contributed by atoms with van der Waals surface area (Å²) in [5.74, 6) is 2.14. The molecule has 2 aliphatic rings. The van der Waals surface area contributed by atoms with Gasteiger partial charge < -0.3 is 28.8 Å². The molecule has 5 rings (SSSR count). The lowest BCUT2D eigenvalue weighted by atomic mass is 9.83. The summed E-state index contributed by atoms with van der Waals surface area (Å²) in [6.45, 7) is 4.00. The zero-order valence-corrected chi connectivity index (χ0v) is 19.3. The number of methoxy groups -OCH3 is 2. The predicted molar refractivity (Wildman–Crippen MR) is 126 cm³/mol. The summed E-state index contributed by atoms with van der Waals surface area (Å²) in [5.41, 5.74) is 2.65.